The predicted molar refractivity (Wildman–Crippen MR) is 86.0 cm³/mol. The molecule has 0 aromatic heterocycles. The zero-order valence-corrected chi connectivity index (χ0v) is 14.0. The second-order valence-corrected chi connectivity index (χ2v) is 7.90. The molecule has 0 saturated carbocycles. The Kier molecular flexibility index (Phi) is 5.14. The van der Waals surface area contributed by atoms with E-state index in [0.29, 0.717) is 23.0 Å². The smallest absolute Gasteiger partial charge is 0.240 e. The molecule has 1 fully saturated rings. The quantitative estimate of drug-likeness (QED) is 0.826. The van der Waals surface area contributed by atoms with Crippen molar-refractivity contribution in [2.75, 3.05) is 32.4 Å². The number of nitrogens with one attached hydrogen (secondary N) is 1. The SMILES string of the molecule is Cc1cc(Cl)c(N)cc1S(=O)(=O)NCC1CCCN(C)C1. The highest BCUT2D eigenvalue weighted by atomic mass is 35.5. The fourth-order valence-corrected chi connectivity index (χ4v) is 4.30. The topological polar surface area (TPSA) is 75.4 Å². The van der Waals surface area contributed by atoms with Gasteiger partial charge in [-0.15, -0.1) is 0 Å². The van der Waals surface area contributed by atoms with E-state index in [1.54, 1.807) is 13.0 Å². The van der Waals surface area contributed by atoms with Crippen molar-refractivity contribution in [3.63, 3.8) is 0 Å². The summed E-state index contributed by atoms with van der Waals surface area (Å²) in [5.41, 5.74) is 6.59. The maximum absolute atomic E-state index is 12.4. The van der Waals surface area contributed by atoms with Crippen LogP contribution >= 0.6 is 11.6 Å². The molecule has 0 amide bonds. The summed E-state index contributed by atoms with van der Waals surface area (Å²) in [6, 6.07) is 3.01. The van der Waals surface area contributed by atoms with Gasteiger partial charge in [0.1, 0.15) is 0 Å². The van der Waals surface area contributed by atoms with Crippen molar-refractivity contribution in [1.82, 2.24) is 9.62 Å². The number of piperidine rings is 1. The highest BCUT2D eigenvalue weighted by molar-refractivity contribution is 7.89. The fraction of sp³-hybridized carbons (Fsp3) is 0.571. The Balaban J connectivity index is 2.10. The number of aryl methyl sites for hydroxylation is 1. The van der Waals surface area contributed by atoms with Gasteiger partial charge in [-0.1, -0.05) is 11.6 Å². The van der Waals surface area contributed by atoms with Crippen LogP contribution in [-0.2, 0) is 10.0 Å². The van der Waals surface area contributed by atoms with E-state index in [-0.39, 0.29) is 10.6 Å². The molecule has 1 aromatic carbocycles. The molecule has 1 unspecified atom stereocenters. The highest BCUT2D eigenvalue weighted by Crippen LogP contribution is 2.26. The fourth-order valence-electron chi connectivity index (χ4n) is 2.70. The lowest BCUT2D eigenvalue weighted by Gasteiger charge is -2.29. The van der Waals surface area contributed by atoms with Crippen molar-refractivity contribution in [3.05, 3.63) is 22.7 Å². The third kappa shape index (κ3) is 4.10. The summed E-state index contributed by atoms with van der Waals surface area (Å²) in [5.74, 6) is 0.350. The summed E-state index contributed by atoms with van der Waals surface area (Å²) < 4.78 is 27.5. The molecule has 2 rings (SSSR count). The van der Waals surface area contributed by atoms with E-state index in [1.807, 2.05) is 0 Å². The molecule has 0 radical (unpaired) electrons. The van der Waals surface area contributed by atoms with Crippen molar-refractivity contribution in [1.29, 1.82) is 0 Å². The third-order valence-electron chi connectivity index (χ3n) is 3.87. The predicted octanol–water partition coefficient (Wildman–Crippen LogP) is 1.85. The van der Waals surface area contributed by atoms with Gasteiger partial charge in [-0.2, -0.15) is 0 Å². The number of nitrogen functional groups attached to an aromatic ring is 1. The number of likely N-dealkylation sites (tertiary alicyclic amines) is 1. The van der Waals surface area contributed by atoms with Crippen molar-refractivity contribution >= 4 is 27.3 Å². The summed E-state index contributed by atoms with van der Waals surface area (Å²) in [7, 11) is -1.49. The second kappa shape index (κ2) is 6.52. The molecular formula is C14H22ClN3O2S. The average molecular weight is 332 g/mol. The molecule has 21 heavy (non-hydrogen) atoms. The average Bonchev–Trinajstić information content (AvgIpc) is 2.41. The summed E-state index contributed by atoms with van der Waals surface area (Å²) in [4.78, 5) is 2.43. The second-order valence-electron chi connectivity index (χ2n) is 5.76. The van der Waals surface area contributed by atoms with E-state index < -0.39 is 10.0 Å². The Morgan fingerprint density at radius 2 is 2.19 bits per heavy atom. The van der Waals surface area contributed by atoms with E-state index in [9.17, 15) is 8.42 Å². The van der Waals surface area contributed by atoms with Gasteiger partial charge in [0, 0.05) is 13.1 Å². The molecule has 1 atom stereocenters. The van der Waals surface area contributed by atoms with E-state index in [0.717, 1.165) is 25.9 Å². The molecule has 0 bridgehead atoms. The molecule has 3 N–H and O–H groups in total. The van der Waals surface area contributed by atoms with Gasteiger partial charge in [0.15, 0.2) is 0 Å². The maximum atomic E-state index is 12.4. The third-order valence-corrected chi connectivity index (χ3v) is 5.76. The van der Waals surface area contributed by atoms with Crippen LogP contribution < -0.4 is 10.5 Å². The van der Waals surface area contributed by atoms with Crippen molar-refractivity contribution < 1.29 is 8.42 Å². The minimum absolute atomic E-state index is 0.202. The number of nitrogens with two attached hydrogens (primary N) is 1. The van der Waals surface area contributed by atoms with Gasteiger partial charge in [0.2, 0.25) is 10.0 Å². The number of sulfonamides is 1. The zero-order valence-electron chi connectivity index (χ0n) is 12.4. The molecule has 1 aliphatic heterocycles. The largest absolute Gasteiger partial charge is 0.397 e. The van der Waals surface area contributed by atoms with Gasteiger partial charge >= 0.3 is 0 Å². The van der Waals surface area contributed by atoms with Crippen LogP contribution in [0.1, 0.15) is 18.4 Å². The number of hydrogen-bond donors (Lipinski definition) is 2. The van der Waals surface area contributed by atoms with Crippen LogP contribution in [0.2, 0.25) is 5.02 Å². The van der Waals surface area contributed by atoms with Crippen LogP contribution in [0.4, 0.5) is 5.69 Å². The van der Waals surface area contributed by atoms with Crippen LogP contribution in [-0.4, -0.2) is 40.0 Å². The molecule has 1 aliphatic rings. The van der Waals surface area contributed by atoms with Crippen LogP contribution in [0, 0.1) is 12.8 Å². The van der Waals surface area contributed by atoms with Gasteiger partial charge < -0.3 is 10.6 Å². The van der Waals surface area contributed by atoms with Gasteiger partial charge in [-0.05, 0) is 57.0 Å². The molecule has 0 aliphatic carbocycles. The summed E-state index contributed by atoms with van der Waals surface area (Å²) in [6.45, 7) is 4.17. The number of rotatable bonds is 4. The maximum Gasteiger partial charge on any atom is 0.240 e. The number of anilines is 1. The monoisotopic (exact) mass is 331 g/mol. The van der Waals surface area contributed by atoms with E-state index in [1.165, 1.54) is 6.07 Å². The van der Waals surface area contributed by atoms with Crippen molar-refractivity contribution in [3.8, 4) is 0 Å². The number of halogens is 1. The Hall–Kier alpha value is -0.820. The first-order valence-corrected chi connectivity index (χ1v) is 8.89. The Bertz CT molecular complexity index is 619. The lowest BCUT2D eigenvalue weighted by atomic mass is 9.99. The highest BCUT2D eigenvalue weighted by Gasteiger charge is 2.22. The van der Waals surface area contributed by atoms with Crippen LogP contribution in [0.25, 0.3) is 0 Å². The number of benzene rings is 1. The first-order chi connectivity index (χ1) is 9.79. The van der Waals surface area contributed by atoms with Crippen LogP contribution in [0.5, 0.6) is 0 Å². The number of nitrogens with zero attached hydrogens (tertiary/aromatic N) is 1. The van der Waals surface area contributed by atoms with Gasteiger partial charge in [0.25, 0.3) is 0 Å². The molecule has 5 nitrogen and oxygen atoms in total. The Morgan fingerprint density at radius 1 is 1.48 bits per heavy atom. The standard InChI is InChI=1S/C14H22ClN3O2S/c1-10-6-12(15)13(16)7-14(10)21(19,20)17-8-11-4-3-5-18(2)9-11/h6-7,11,17H,3-5,8-9,16H2,1-2H3. The molecule has 7 heteroatoms. The molecule has 1 aromatic rings. The van der Waals surface area contributed by atoms with Crippen molar-refractivity contribution in [2.45, 2.75) is 24.7 Å². The first kappa shape index (κ1) is 16.5. The summed E-state index contributed by atoms with van der Waals surface area (Å²) in [5, 5.41) is 0.375. The minimum Gasteiger partial charge on any atom is -0.397 e. The minimum atomic E-state index is -3.55. The lowest BCUT2D eigenvalue weighted by Crippen LogP contribution is -2.39. The molecule has 0 spiro atoms. The van der Waals surface area contributed by atoms with Gasteiger partial charge in [-0.3, -0.25) is 0 Å². The lowest BCUT2D eigenvalue weighted by molar-refractivity contribution is 0.211. The van der Waals surface area contributed by atoms with Gasteiger partial charge in [0.05, 0.1) is 15.6 Å². The Labute approximate surface area is 131 Å². The van der Waals surface area contributed by atoms with E-state index in [4.69, 9.17) is 17.3 Å². The van der Waals surface area contributed by atoms with E-state index >= 15 is 0 Å². The molecule has 118 valence electrons. The van der Waals surface area contributed by atoms with E-state index in [2.05, 4.69) is 16.7 Å². The Morgan fingerprint density at radius 3 is 2.86 bits per heavy atom. The first-order valence-electron chi connectivity index (χ1n) is 7.03. The molecular weight excluding hydrogens is 310 g/mol. The van der Waals surface area contributed by atoms with Crippen LogP contribution in [0.3, 0.4) is 0 Å². The summed E-state index contributed by atoms with van der Waals surface area (Å²) in [6.07, 6.45) is 2.16. The summed E-state index contributed by atoms with van der Waals surface area (Å²) >= 11 is 5.91. The molecule has 1 saturated heterocycles. The van der Waals surface area contributed by atoms with Crippen LogP contribution in [0.15, 0.2) is 17.0 Å². The zero-order chi connectivity index (χ0) is 15.6. The number of hydrogen-bond acceptors (Lipinski definition) is 4. The van der Waals surface area contributed by atoms with Crippen molar-refractivity contribution in [2.24, 2.45) is 5.92 Å². The van der Waals surface area contributed by atoms with Gasteiger partial charge in [-0.25, -0.2) is 13.1 Å². The normalized spacial score (nSPS) is 20.6. The molecule has 1 heterocycles.